The summed E-state index contributed by atoms with van der Waals surface area (Å²) < 4.78 is 0. The van der Waals surface area contributed by atoms with Crippen molar-refractivity contribution >= 4 is 35.5 Å². The number of fused-ring (bicyclic) bond motifs is 1. The van der Waals surface area contributed by atoms with Gasteiger partial charge in [-0.2, -0.15) is 5.10 Å². The molecule has 3 N–H and O–H groups in total. The number of thioether (sulfide) groups is 1. The van der Waals surface area contributed by atoms with Crippen LogP contribution in [0.4, 0.5) is 5.69 Å². The molecule has 0 bridgehead atoms. The molecule has 1 fully saturated rings. The largest absolute Gasteiger partial charge is 0.359 e. The fourth-order valence-electron chi connectivity index (χ4n) is 2.38. The normalized spacial score (nSPS) is 22.4. The van der Waals surface area contributed by atoms with Crippen LogP contribution in [0.15, 0.2) is 41.1 Å². The third kappa shape index (κ3) is 4.00. The van der Waals surface area contributed by atoms with Gasteiger partial charge in [0.25, 0.3) is 17.5 Å². The molecule has 136 valence electrons. The van der Waals surface area contributed by atoms with E-state index in [2.05, 4.69) is 21.3 Å². The van der Waals surface area contributed by atoms with Crippen molar-refractivity contribution in [1.82, 2.24) is 21.2 Å². The van der Waals surface area contributed by atoms with Crippen molar-refractivity contribution in [2.75, 3.05) is 5.75 Å². The standard InChI is InChI=1S/C15H16N6O4S/c1-9-6-13(22)20-15(17-9)26-8-12(19-20)14(23)18-16-7-10-2-4-11(5-3-10)21(24)25/h2-7,12,15,17,19H,8H2,1H3,(H,18,23)/b16-7+. The number of allylic oxidation sites excluding steroid dienone is 1. The molecular formula is C15H16N6O4S. The summed E-state index contributed by atoms with van der Waals surface area (Å²) in [5.74, 6) is -0.132. The molecule has 2 aliphatic rings. The molecule has 10 nitrogen and oxygen atoms in total. The van der Waals surface area contributed by atoms with Crippen molar-refractivity contribution in [3.63, 3.8) is 0 Å². The molecule has 3 rings (SSSR count). The second-order valence-corrected chi connectivity index (χ2v) is 6.74. The molecule has 1 saturated heterocycles. The van der Waals surface area contributed by atoms with Gasteiger partial charge in [-0.05, 0) is 24.6 Å². The van der Waals surface area contributed by atoms with E-state index in [-0.39, 0.29) is 23.0 Å². The Morgan fingerprint density at radius 1 is 1.46 bits per heavy atom. The van der Waals surface area contributed by atoms with Crippen LogP contribution in [-0.4, -0.2) is 45.3 Å². The Kier molecular flexibility index (Phi) is 5.19. The van der Waals surface area contributed by atoms with Gasteiger partial charge in [0, 0.05) is 29.7 Å². The Bertz CT molecular complexity index is 794. The van der Waals surface area contributed by atoms with E-state index in [1.165, 1.54) is 53.3 Å². The van der Waals surface area contributed by atoms with Crippen LogP contribution in [0, 0.1) is 10.1 Å². The Labute approximate surface area is 152 Å². The number of hydrazone groups is 1. The average Bonchev–Trinajstić information content (AvgIpc) is 2.61. The number of nitro benzene ring substituents is 1. The molecule has 11 heteroatoms. The maximum absolute atomic E-state index is 12.2. The number of hydrazine groups is 1. The number of nitrogens with zero attached hydrogens (tertiary/aromatic N) is 3. The van der Waals surface area contributed by atoms with Crippen LogP contribution in [0.3, 0.4) is 0 Å². The molecule has 1 aromatic carbocycles. The molecular weight excluding hydrogens is 360 g/mol. The predicted molar refractivity (Wildman–Crippen MR) is 95.7 cm³/mol. The second kappa shape index (κ2) is 7.54. The molecule has 2 atom stereocenters. The summed E-state index contributed by atoms with van der Waals surface area (Å²) in [7, 11) is 0. The van der Waals surface area contributed by atoms with Crippen LogP contribution in [0.5, 0.6) is 0 Å². The molecule has 0 saturated carbocycles. The third-order valence-corrected chi connectivity index (χ3v) is 4.86. The summed E-state index contributed by atoms with van der Waals surface area (Å²) in [6.07, 6.45) is 2.84. The minimum Gasteiger partial charge on any atom is -0.359 e. The van der Waals surface area contributed by atoms with E-state index in [1.807, 2.05) is 6.92 Å². The van der Waals surface area contributed by atoms with E-state index < -0.39 is 11.0 Å². The monoisotopic (exact) mass is 376 g/mol. The highest BCUT2D eigenvalue weighted by Gasteiger charge is 2.36. The van der Waals surface area contributed by atoms with Crippen LogP contribution in [-0.2, 0) is 9.59 Å². The fraction of sp³-hybridized carbons (Fsp3) is 0.267. The fourth-order valence-corrected chi connectivity index (χ4v) is 3.56. The minimum atomic E-state index is -0.609. The molecule has 2 aliphatic heterocycles. The Balaban J connectivity index is 1.55. The number of non-ortho nitro benzene ring substituents is 1. The third-order valence-electron chi connectivity index (χ3n) is 3.69. The lowest BCUT2D eigenvalue weighted by atomic mass is 10.2. The molecule has 0 aromatic heterocycles. The van der Waals surface area contributed by atoms with Gasteiger partial charge in [-0.1, -0.05) is 0 Å². The zero-order chi connectivity index (χ0) is 18.7. The summed E-state index contributed by atoms with van der Waals surface area (Å²) in [4.78, 5) is 34.3. The Hall–Kier alpha value is -2.92. The lowest BCUT2D eigenvalue weighted by Gasteiger charge is -2.41. The van der Waals surface area contributed by atoms with Gasteiger partial charge < -0.3 is 5.32 Å². The van der Waals surface area contributed by atoms with Gasteiger partial charge in [-0.15, -0.1) is 11.8 Å². The molecule has 26 heavy (non-hydrogen) atoms. The van der Waals surface area contributed by atoms with Gasteiger partial charge in [-0.3, -0.25) is 19.7 Å². The van der Waals surface area contributed by atoms with E-state index in [1.54, 1.807) is 0 Å². The second-order valence-electron chi connectivity index (χ2n) is 5.63. The number of rotatable bonds is 4. The number of hydrogen-bond acceptors (Lipinski definition) is 8. The first-order chi connectivity index (χ1) is 12.4. The number of amides is 2. The topological polar surface area (TPSA) is 129 Å². The van der Waals surface area contributed by atoms with Crippen molar-refractivity contribution in [2.45, 2.75) is 18.5 Å². The van der Waals surface area contributed by atoms with Crippen LogP contribution >= 0.6 is 11.8 Å². The van der Waals surface area contributed by atoms with Gasteiger partial charge in [-0.25, -0.2) is 15.9 Å². The molecule has 2 amide bonds. The highest BCUT2D eigenvalue weighted by Crippen LogP contribution is 2.23. The molecule has 2 heterocycles. The maximum atomic E-state index is 12.2. The van der Waals surface area contributed by atoms with Gasteiger partial charge in [0.1, 0.15) is 6.04 Å². The van der Waals surface area contributed by atoms with Gasteiger partial charge in [0.2, 0.25) is 0 Å². The highest BCUT2D eigenvalue weighted by atomic mass is 32.2. The molecule has 2 unspecified atom stereocenters. The quantitative estimate of drug-likeness (QED) is 0.391. The minimum absolute atomic E-state index is 0.0201. The number of hydrogen-bond donors (Lipinski definition) is 3. The van der Waals surface area contributed by atoms with E-state index in [0.29, 0.717) is 11.3 Å². The molecule has 0 aliphatic carbocycles. The van der Waals surface area contributed by atoms with Gasteiger partial charge in [0.05, 0.1) is 11.1 Å². The summed E-state index contributed by atoms with van der Waals surface area (Å²) in [6.45, 7) is 1.81. The van der Waals surface area contributed by atoms with E-state index >= 15 is 0 Å². The number of benzene rings is 1. The number of nitrogens with one attached hydrogen (secondary N) is 3. The van der Waals surface area contributed by atoms with Crippen molar-refractivity contribution in [3.8, 4) is 0 Å². The summed E-state index contributed by atoms with van der Waals surface area (Å²) in [6, 6.07) is 5.16. The van der Waals surface area contributed by atoms with Crippen LogP contribution in [0.25, 0.3) is 0 Å². The van der Waals surface area contributed by atoms with Gasteiger partial charge in [0.15, 0.2) is 5.50 Å². The smallest absolute Gasteiger partial charge is 0.269 e. The molecule has 0 spiro atoms. The van der Waals surface area contributed by atoms with Crippen molar-refractivity contribution in [3.05, 3.63) is 51.7 Å². The lowest BCUT2D eigenvalue weighted by molar-refractivity contribution is -0.384. The van der Waals surface area contributed by atoms with E-state index in [0.717, 1.165) is 5.70 Å². The van der Waals surface area contributed by atoms with Crippen molar-refractivity contribution in [2.24, 2.45) is 5.10 Å². The SMILES string of the molecule is CC1=CC(=O)N2NC(C(=O)N/N=C/c3ccc([N+](=O)[O-])cc3)CSC2N1. The lowest BCUT2D eigenvalue weighted by Crippen LogP contribution is -2.65. The summed E-state index contributed by atoms with van der Waals surface area (Å²) in [5, 5.41) is 19.0. The Morgan fingerprint density at radius 3 is 2.88 bits per heavy atom. The first-order valence-electron chi connectivity index (χ1n) is 7.67. The first-order valence-corrected chi connectivity index (χ1v) is 8.72. The van der Waals surface area contributed by atoms with Crippen LogP contribution < -0.4 is 16.2 Å². The number of carbonyl (C=O) groups is 2. The molecule has 1 aromatic rings. The Morgan fingerprint density at radius 2 is 2.19 bits per heavy atom. The number of nitro groups is 1. The van der Waals surface area contributed by atoms with Crippen LogP contribution in [0.1, 0.15) is 12.5 Å². The van der Waals surface area contributed by atoms with Crippen molar-refractivity contribution in [1.29, 1.82) is 0 Å². The van der Waals surface area contributed by atoms with Gasteiger partial charge >= 0.3 is 0 Å². The van der Waals surface area contributed by atoms with E-state index in [9.17, 15) is 19.7 Å². The zero-order valence-electron chi connectivity index (χ0n) is 13.7. The summed E-state index contributed by atoms with van der Waals surface area (Å²) >= 11 is 1.44. The van der Waals surface area contributed by atoms with E-state index in [4.69, 9.17) is 0 Å². The average molecular weight is 376 g/mol. The maximum Gasteiger partial charge on any atom is 0.269 e. The first kappa shape index (κ1) is 17.9. The summed E-state index contributed by atoms with van der Waals surface area (Å²) in [5.41, 5.74) is 6.41. The molecule has 0 radical (unpaired) electrons. The van der Waals surface area contributed by atoms with Crippen LogP contribution in [0.2, 0.25) is 0 Å². The predicted octanol–water partition coefficient (Wildman–Crippen LogP) is 0.284. The van der Waals surface area contributed by atoms with Crippen molar-refractivity contribution < 1.29 is 14.5 Å². The number of carbonyl (C=O) groups excluding carboxylic acids is 2. The highest BCUT2D eigenvalue weighted by molar-refractivity contribution is 7.99. The zero-order valence-corrected chi connectivity index (χ0v) is 14.5.